The summed E-state index contributed by atoms with van der Waals surface area (Å²) in [4.78, 5) is 13.9. The van der Waals surface area contributed by atoms with Crippen molar-refractivity contribution in [3.63, 3.8) is 0 Å². The fourth-order valence-corrected chi connectivity index (χ4v) is 4.79. The lowest BCUT2D eigenvalue weighted by atomic mass is 9.90. The third-order valence-electron chi connectivity index (χ3n) is 6.74. The van der Waals surface area contributed by atoms with Crippen LogP contribution in [0.5, 0.6) is 5.75 Å². The van der Waals surface area contributed by atoms with E-state index in [1.165, 1.54) is 0 Å². The standard InChI is InChI=1S/C27H34N6O3/c1-6-35-22-12-19(24-17(3)32-18(4)36-24)7-8-21(22)27(28)30-13-20-11-16(2)31-25(23(20)33-27)29-14-26(5)9-10-34-15-26/h7-8,11-13,33H,6,9-10,14-15,28H2,1-5H3,(H,29,31). The van der Waals surface area contributed by atoms with Gasteiger partial charge in [-0.25, -0.2) is 15.0 Å². The third-order valence-corrected chi connectivity index (χ3v) is 6.74. The molecule has 1 saturated heterocycles. The fraction of sp³-hybridized carbons (Fsp3) is 0.444. The van der Waals surface area contributed by atoms with Crippen LogP contribution in [0.15, 0.2) is 33.7 Å². The number of nitrogens with two attached hydrogens (primary N) is 1. The Kier molecular flexibility index (Phi) is 6.22. The number of nitrogens with zero attached hydrogens (tertiary/aromatic N) is 3. The van der Waals surface area contributed by atoms with Crippen LogP contribution < -0.4 is 21.1 Å². The Hall–Kier alpha value is -3.43. The van der Waals surface area contributed by atoms with Gasteiger partial charge in [0.05, 0.1) is 30.2 Å². The number of benzene rings is 1. The number of fused-ring (bicyclic) bond motifs is 1. The van der Waals surface area contributed by atoms with Crippen molar-refractivity contribution in [2.24, 2.45) is 16.1 Å². The average molecular weight is 491 g/mol. The summed E-state index contributed by atoms with van der Waals surface area (Å²) in [5.41, 5.74) is 12.0. The summed E-state index contributed by atoms with van der Waals surface area (Å²) >= 11 is 0. The van der Waals surface area contributed by atoms with Gasteiger partial charge >= 0.3 is 0 Å². The van der Waals surface area contributed by atoms with E-state index in [9.17, 15) is 0 Å². The predicted octanol–water partition coefficient (Wildman–Crippen LogP) is 4.51. The molecule has 2 unspecified atom stereocenters. The minimum atomic E-state index is -1.24. The van der Waals surface area contributed by atoms with Gasteiger partial charge in [-0.15, -0.1) is 0 Å². The highest BCUT2D eigenvalue weighted by Crippen LogP contribution is 2.40. The molecule has 5 rings (SSSR count). The van der Waals surface area contributed by atoms with Gasteiger partial charge < -0.3 is 24.5 Å². The largest absolute Gasteiger partial charge is 0.493 e. The second kappa shape index (κ2) is 9.22. The molecule has 4 heterocycles. The molecule has 0 amide bonds. The van der Waals surface area contributed by atoms with Crippen LogP contribution in [0.2, 0.25) is 0 Å². The van der Waals surface area contributed by atoms with Crippen molar-refractivity contribution in [3.8, 4) is 17.1 Å². The van der Waals surface area contributed by atoms with E-state index in [0.717, 1.165) is 60.2 Å². The summed E-state index contributed by atoms with van der Waals surface area (Å²) in [5.74, 6) is 1.48. The van der Waals surface area contributed by atoms with Crippen LogP contribution in [0.25, 0.3) is 11.3 Å². The zero-order valence-electron chi connectivity index (χ0n) is 21.6. The molecule has 36 heavy (non-hydrogen) atoms. The van der Waals surface area contributed by atoms with Crippen molar-refractivity contribution < 1.29 is 13.9 Å². The summed E-state index contributed by atoms with van der Waals surface area (Å²) in [7, 11) is 0. The van der Waals surface area contributed by atoms with Crippen LogP contribution in [-0.2, 0) is 10.5 Å². The summed E-state index contributed by atoms with van der Waals surface area (Å²) in [6, 6.07) is 7.82. The molecule has 9 nitrogen and oxygen atoms in total. The maximum atomic E-state index is 6.90. The Balaban J connectivity index is 1.49. The van der Waals surface area contributed by atoms with Crippen LogP contribution in [-0.4, -0.2) is 42.5 Å². The molecule has 0 aliphatic carbocycles. The van der Waals surface area contributed by atoms with Gasteiger partial charge in [0.1, 0.15) is 5.75 Å². The van der Waals surface area contributed by atoms with E-state index in [0.29, 0.717) is 29.6 Å². The summed E-state index contributed by atoms with van der Waals surface area (Å²) < 4.78 is 17.5. The van der Waals surface area contributed by atoms with Gasteiger partial charge in [0.2, 0.25) is 5.79 Å². The molecule has 2 aliphatic heterocycles. The number of ether oxygens (including phenoxy) is 2. The third kappa shape index (κ3) is 4.56. The first kappa shape index (κ1) is 24.3. The molecule has 0 radical (unpaired) electrons. The Bertz CT molecular complexity index is 1310. The first-order valence-electron chi connectivity index (χ1n) is 12.4. The van der Waals surface area contributed by atoms with E-state index in [4.69, 9.17) is 29.6 Å². The minimum Gasteiger partial charge on any atom is -0.493 e. The van der Waals surface area contributed by atoms with Gasteiger partial charge in [0.25, 0.3) is 0 Å². The number of nitrogens with one attached hydrogen (secondary N) is 2. The summed E-state index contributed by atoms with van der Waals surface area (Å²) in [6.45, 7) is 12.7. The van der Waals surface area contributed by atoms with Crippen molar-refractivity contribution in [1.82, 2.24) is 9.97 Å². The lowest BCUT2D eigenvalue weighted by Gasteiger charge is -2.34. The van der Waals surface area contributed by atoms with Crippen molar-refractivity contribution in [2.75, 3.05) is 37.0 Å². The van der Waals surface area contributed by atoms with Gasteiger partial charge in [0, 0.05) is 48.5 Å². The molecule has 190 valence electrons. The monoisotopic (exact) mass is 490 g/mol. The Morgan fingerprint density at radius 3 is 2.72 bits per heavy atom. The number of aromatic nitrogens is 2. The second-order valence-electron chi connectivity index (χ2n) is 9.98. The topological polar surface area (TPSA) is 120 Å². The van der Waals surface area contributed by atoms with Crippen molar-refractivity contribution in [2.45, 2.75) is 46.8 Å². The molecule has 0 spiro atoms. The van der Waals surface area contributed by atoms with Gasteiger partial charge in [-0.05, 0) is 45.4 Å². The highest BCUT2D eigenvalue weighted by Gasteiger charge is 2.35. The number of hydrogen-bond donors (Lipinski definition) is 3. The van der Waals surface area contributed by atoms with Crippen molar-refractivity contribution >= 4 is 17.7 Å². The molecule has 1 aromatic carbocycles. The second-order valence-corrected chi connectivity index (χ2v) is 9.98. The molecule has 3 aromatic rings. The van der Waals surface area contributed by atoms with Crippen LogP contribution in [0.1, 0.15) is 48.7 Å². The first-order valence-corrected chi connectivity index (χ1v) is 12.4. The molecular formula is C27H34N6O3. The van der Waals surface area contributed by atoms with Crippen LogP contribution in [0.4, 0.5) is 11.5 Å². The number of pyridine rings is 1. The van der Waals surface area contributed by atoms with Gasteiger partial charge in [-0.1, -0.05) is 13.0 Å². The van der Waals surface area contributed by atoms with Gasteiger partial charge in [-0.2, -0.15) is 0 Å². The molecule has 2 aromatic heterocycles. The van der Waals surface area contributed by atoms with E-state index >= 15 is 0 Å². The average Bonchev–Trinajstić information content (AvgIpc) is 3.42. The van der Waals surface area contributed by atoms with Crippen LogP contribution in [0, 0.1) is 26.2 Å². The molecule has 2 atom stereocenters. The summed E-state index contributed by atoms with van der Waals surface area (Å²) in [5, 5.41) is 7.00. The van der Waals surface area contributed by atoms with Crippen molar-refractivity contribution in [3.05, 3.63) is 52.7 Å². The Labute approximate surface area is 211 Å². The molecule has 0 bridgehead atoms. The Morgan fingerprint density at radius 2 is 2.03 bits per heavy atom. The minimum absolute atomic E-state index is 0.0655. The fourth-order valence-electron chi connectivity index (χ4n) is 4.79. The zero-order valence-corrected chi connectivity index (χ0v) is 21.6. The number of aliphatic imine (C=N–C) groups is 1. The normalized spacial score (nSPS) is 22.8. The highest BCUT2D eigenvalue weighted by molar-refractivity contribution is 5.94. The van der Waals surface area contributed by atoms with E-state index in [-0.39, 0.29) is 5.41 Å². The van der Waals surface area contributed by atoms with E-state index in [1.54, 1.807) is 6.21 Å². The lowest BCUT2D eigenvalue weighted by molar-refractivity contribution is 0.164. The maximum Gasteiger partial charge on any atom is 0.212 e. The number of rotatable bonds is 7. The number of oxazole rings is 1. The Morgan fingerprint density at radius 1 is 1.19 bits per heavy atom. The van der Waals surface area contributed by atoms with Gasteiger partial charge in [-0.3, -0.25) is 5.73 Å². The molecule has 0 saturated carbocycles. The summed E-state index contributed by atoms with van der Waals surface area (Å²) in [6.07, 6.45) is 2.82. The number of anilines is 2. The number of hydrogen-bond acceptors (Lipinski definition) is 9. The molecule has 2 aliphatic rings. The van der Waals surface area contributed by atoms with E-state index in [1.807, 2.05) is 52.0 Å². The van der Waals surface area contributed by atoms with Gasteiger partial charge in [0.15, 0.2) is 17.5 Å². The quantitative estimate of drug-likeness (QED) is 0.442. The van der Waals surface area contributed by atoms with Crippen LogP contribution >= 0.6 is 0 Å². The van der Waals surface area contributed by atoms with Crippen molar-refractivity contribution in [1.29, 1.82) is 0 Å². The maximum absolute atomic E-state index is 6.90. The first-order chi connectivity index (χ1) is 17.2. The number of aryl methyl sites for hydroxylation is 3. The highest BCUT2D eigenvalue weighted by atomic mass is 16.5. The van der Waals surface area contributed by atoms with Crippen LogP contribution in [0.3, 0.4) is 0 Å². The molecule has 9 heteroatoms. The van der Waals surface area contributed by atoms with E-state index < -0.39 is 5.79 Å². The van der Waals surface area contributed by atoms with E-state index in [2.05, 4.69) is 22.5 Å². The zero-order chi connectivity index (χ0) is 25.5. The molecular weight excluding hydrogens is 456 g/mol. The SMILES string of the molecule is CCOc1cc(-c2oc(C)nc2C)ccc1C1(N)N=Cc2cc(C)nc(NCC3(C)CCOC3)c2N1. The predicted molar refractivity (Wildman–Crippen MR) is 141 cm³/mol. The smallest absolute Gasteiger partial charge is 0.212 e. The molecule has 4 N–H and O–H groups in total. The molecule has 1 fully saturated rings. The lowest BCUT2D eigenvalue weighted by Crippen LogP contribution is -2.45.